The fourth-order valence-electron chi connectivity index (χ4n) is 2.77. The van der Waals surface area contributed by atoms with E-state index in [9.17, 15) is 14.7 Å². The number of aromatic carboxylic acids is 1. The summed E-state index contributed by atoms with van der Waals surface area (Å²) >= 11 is 1.19. The molecule has 0 saturated heterocycles. The normalized spacial score (nSPS) is 16.1. The van der Waals surface area contributed by atoms with Crippen LogP contribution in [0.3, 0.4) is 0 Å². The molecule has 0 saturated carbocycles. The molecule has 0 fully saturated rings. The van der Waals surface area contributed by atoms with Crippen molar-refractivity contribution in [2.45, 2.75) is 25.8 Å². The Morgan fingerprint density at radius 3 is 2.71 bits per heavy atom. The van der Waals surface area contributed by atoms with Crippen LogP contribution in [-0.4, -0.2) is 17.0 Å². The number of hydrogen-bond donors (Lipinski definition) is 1. The molecule has 1 N–H and O–H groups in total. The number of carbonyl (C=O) groups excluding carboxylic acids is 1. The van der Waals surface area contributed by atoms with Gasteiger partial charge in [-0.3, -0.25) is 4.79 Å². The quantitative estimate of drug-likeness (QED) is 0.946. The van der Waals surface area contributed by atoms with Crippen molar-refractivity contribution < 1.29 is 14.7 Å². The summed E-state index contributed by atoms with van der Waals surface area (Å²) in [7, 11) is 0. The highest BCUT2D eigenvalue weighted by atomic mass is 32.1. The average molecular weight is 301 g/mol. The molecule has 1 aliphatic rings. The number of carbonyl (C=O) groups is 2. The largest absolute Gasteiger partial charge is 0.477 e. The molecule has 2 heterocycles. The van der Waals surface area contributed by atoms with E-state index in [4.69, 9.17) is 0 Å². The predicted octanol–water partition coefficient (Wildman–Crippen LogP) is 3.27. The molecule has 0 unspecified atom stereocenters. The van der Waals surface area contributed by atoms with Crippen molar-refractivity contribution >= 4 is 28.9 Å². The van der Waals surface area contributed by atoms with E-state index in [1.807, 2.05) is 38.1 Å². The number of para-hydroxylation sites is 1. The monoisotopic (exact) mass is 301 g/mol. The summed E-state index contributed by atoms with van der Waals surface area (Å²) in [5, 5.41) is 10.9. The third kappa shape index (κ3) is 2.05. The van der Waals surface area contributed by atoms with Crippen molar-refractivity contribution in [3.8, 4) is 0 Å². The van der Waals surface area contributed by atoms with E-state index in [1.165, 1.54) is 11.3 Å². The fraction of sp³-hybridized carbons (Fsp3) is 0.250. The number of rotatable bonds is 3. The highest BCUT2D eigenvalue weighted by Crippen LogP contribution is 2.42. The number of anilines is 1. The van der Waals surface area contributed by atoms with Crippen LogP contribution in [0.1, 0.15) is 34.6 Å². The van der Waals surface area contributed by atoms with Gasteiger partial charge in [-0.25, -0.2) is 4.79 Å². The Kier molecular flexibility index (Phi) is 3.10. The average Bonchev–Trinajstić information content (AvgIpc) is 2.98. The topological polar surface area (TPSA) is 57.6 Å². The maximum atomic E-state index is 12.7. The fourth-order valence-corrected chi connectivity index (χ4v) is 3.53. The summed E-state index contributed by atoms with van der Waals surface area (Å²) in [6.07, 6.45) is 0. The maximum Gasteiger partial charge on any atom is 0.346 e. The lowest BCUT2D eigenvalue weighted by atomic mass is 9.86. The second-order valence-corrected chi connectivity index (χ2v) is 6.53. The van der Waals surface area contributed by atoms with Crippen LogP contribution in [-0.2, 0) is 16.8 Å². The molecule has 3 rings (SSSR count). The molecular weight excluding hydrogens is 286 g/mol. The van der Waals surface area contributed by atoms with Crippen molar-refractivity contribution in [3.05, 3.63) is 51.7 Å². The van der Waals surface area contributed by atoms with Crippen LogP contribution >= 0.6 is 11.3 Å². The van der Waals surface area contributed by atoms with Gasteiger partial charge < -0.3 is 10.0 Å². The molecule has 21 heavy (non-hydrogen) atoms. The third-order valence-electron chi connectivity index (χ3n) is 3.92. The minimum absolute atomic E-state index is 0.00578. The van der Waals surface area contributed by atoms with Gasteiger partial charge in [-0.05, 0) is 42.5 Å². The zero-order valence-electron chi connectivity index (χ0n) is 11.8. The van der Waals surface area contributed by atoms with E-state index in [0.717, 1.165) is 11.3 Å². The van der Waals surface area contributed by atoms with Crippen molar-refractivity contribution in [1.29, 1.82) is 0 Å². The number of nitrogens with zero attached hydrogens (tertiary/aromatic N) is 1. The van der Waals surface area contributed by atoms with E-state index in [0.29, 0.717) is 17.0 Å². The van der Waals surface area contributed by atoms with Gasteiger partial charge in [0.25, 0.3) is 0 Å². The van der Waals surface area contributed by atoms with Crippen LogP contribution in [0.5, 0.6) is 0 Å². The molecule has 0 atom stereocenters. The first-order valence-corrected chi connectivity index (χ1v) is 7.52. The van der Waals surface area contributed by atoms with Gasteiger partial charge in [0.2, 0.25) is 5.91 Å². The first-order chi connectivity index (χ1) is 9.93. The van der Waals surface area contributed by atoms with Gasteiger partial charge in [-0.15, -0.1) is 11.3 Å². The smallest absolute Gasteiger partial charge is 0.346 e. The lowest BCUT2D eigenvalue weighted by molar-refractivity contribution is -0.122. The van der Waals surface area contributed by atoms with E-state index in [1.54, 1.807) is 16.3 Å². The maximum absolute atomic E-state index is 12.7. The van der Waals surface area contributed by atoms with Gasteiger partial charge in [0.1, 0.15) is 4.88 Å². The summed E-state index contributed by atoms with van der Waals surface area (Å²) in [6.45, 7) is 4.10. The first-order valence-electron chi connectivity index (χ1n) is 6.64. The number of benzene rings is 1. The molecule has 1 aromatic carbocycles. The summed E-state index contributed by atoms with van der Waals surface area (Å²) in [5.74, 6) is -0.939. The lowest BCUT2D eigenvalue weighted by Crippen LogP contribution is -2.35. The molecule has 1 aromatic heterocycles. The highest BCUT2D eigenvalue weighted by Gasteiger charge is 2.43. The number of amides is 1. The van der Waals surface area contributed by atoms with Crippen LogP contribution in [0.25, 0.3) is 0 Å². The van der Waals surface area contributed by atoms with Gasteiger partial charge in [0.15, 0.2) is 0 Å². The van der Waals surface area contributed by atoms with Crippen molar-refractivity contribution in [1.82, 2.24) is 0 Å². The number of fused-ring (bicyclic) bond motifs is 1. The van der Waals surface area contributed by atoms with Crippen molar-refractivity contribution in [2.24, 2.45) is 0 Å². The number of hydrogen-bond acceptors (Lipinski definition) is 3. The van der Waals surface area contributed by atoms with Crippen LogP contribution in [0.4, 0.5) is 5.69 Å². The van der Waals surface area contributed by atoms with Crippen LogP contribution in [0.15, 0.2) is 35.7 Å². The molecule has 108 valence electrons. The molecule has 5 heteroatoms. The van der Waals surface area contributed by atoms with Gasteiger partial charge in [-0.2, -0.15) is 0 Å². The third-order valence-corrected chi connectivity index (χ3v) is 4.86. The van der Waals surface area contributed by atoms with Gasteiger partial charge in [0.05, 0.1) is 12.0 Å². The summed E-state index contributed by atoms with van der Waals surface area (Å²) in [5.41, 5.74) is 1.96. The van der Waals surface area contributed by atoms with Gasteiger partial charge in [0, 0.05) is 5.69 Å². The number of thiophene rings is 1. The van der Waals surface area contributed by atoms with E-state index >= 15 is 0 Å². The summed E-state index contributed by atoms with van der Waals surface area (Å²) in [6, 6.07) is 9.46. The van der Waals surface area contributed by atoms with Crippen molar-refractivity contribution in [2.75, 3.05) is 4.90 Å². The second-order valence-electron chi connectivity index (χ2n) is 5.61. The van der Waals surface area contributed by atoms with Crippen LogP contribution in [0.2, 0.25) is 0 Å². The minimum atomic E-state index is -0.945. The van der Waals surface area contributed by atoms with Gasteiger partial charge >= 0.3 is 5.97 Å². The molecule has 0 aliphatic carbocycles. The highest BCUT2D eigenvalue weighted by molar-refractivity contribution is 7.12. The Hall–Kier alpha value is -2.14. The molecule has 0 bridgehead atoms. The number of carboxylic acid groups (broad SMARTS) is 1. The second kappa shape index (κ2) is 4.70. The predicted molar refractivity (Wildman–Crippen MR) is 81.9 cm³/mol. The van der Waals surface area contributed by atoms with E-state index in [2.05, 4.69) is 0 Å². The Balaban J connectivity index is 2.02. The van der Waals surface area contributed by atoms with Crippen LogP contribution in [0, 0.1) is 0 Å². The summed E-state index contributed by atoms with van der Waals surface area (Å²) in [4.78, 5) is 25.9. The zero-order chi connectivity index (χ0) is 15.2. The Bertz CT molecular complexity index is 733. The summed E-state index contributed by atoms with van der Waals surface area (Å²) < 4.78 is 0. The van der Waals surface area contributed by atoms with E-state index in [-0.39, 0.29) is 5.91 Å². The first kappa shape index (κ1) is 13.8. The molecule has 4 nitrogen and oxygen atoms in total. The molecule has 0 spiro atoms. The molecule has 1 aliphatic heterocycles. The lowest BCUT2D eigenvalue weighted by Gasteiger charge is -2.20. The molecule has 2 aromatic rings. The number of carboxylic acids is 1. The Morgan fingerprint density at radius 2 is 2.00 bits per heavy atom. The molecule has 0 radical (unpaired) electrons. The standard InChI is InChI=1S/C16H15NO3S/c1-16(2)11-5-3-4-6-12(11)17(15(16)20)9-10-7-8-21-13(10)14(18)19/h3-8H,9H2,1-2H3,(H,18,19). The Morgan fingerprint density at radius 1 is 1.29 bits per heavy atom. The van der Waals surface area contributed by atoms with Crippen molar-refractivity contribution in [3.63, 3.8) is 0 Å². The minimum Gasteiger partial charge on any atom is -0.477 e. The van der Waals surface area contributed by atoms with Gasteiger partial charge in [-0.1, -0.05) is 18.2 Å². The Labute approximate surface area is 126 Å². The molecular formula is C16H15NO3S. The zero-order valence-corrected chi connectivity index (χ0v) is 12.6. The molecule has 1 amide bonds. The SMILES string of the molecule is CC1(C)C(=O)N(Cc2ccsc2C(=O)O)c2ccccc21. The van der Waals surface area contributed by atoms with Crippen LogP contribution < -0.4 is 4.90 Å². The van der Waals surface area contributed by atoms with E-state index < -0.39 is 11.4 Å².